The van der Waals surface area contributed by atoms with Crippen LogP contribution in [-0.4, -0.2) is 12.4 Å². The number of nitrogens with zero attached hydrogens (tertiary/aromatic N) is 1. The molecule has 2 heteroatoms. The minimum atomic E-state index is 0.281. The lowest BCUT2D eigenvalue weighted by atomic mass is 10.0. The van der Waals surface area contributed by atoms with E-state index in [0.29, 0.717) is 5.92 Å². The quantitative estimate of drug-likeness (QED) is 0.526. The Morgan fingerprint density at radius 3 is 3.40 bits per heavy atom. The van der Waals surface area contributed by atoms with E-state index in [9.17, 15) is 0 Å². The third-order valence-electron chi connectivity index (χ3n) is 1.84. The Morgan fingerprint density at radius 1 is 1.60 bits per heavy atom. The van der Waals surface area contributed by atoms with Crippen molar-refractivity contribution in [1.82, 2.24) is 5.32 Å². The number of dihydropyridines is 1. The normalized spacial score (nSPS) is 35.1. The van der Waals surface area contributed by atoms with Crippen molar-refractivity contribution in [3.05, 3.63) is 23.9 Å². The van der Waals surface area contributed by atoms with Crippen molar-refractivity contribution in [2.24, 2.45) is 10.9 Å². The van der Waals surface area contributed by atoms with E-state index in [1.807, 2.05) is 12.4 Å². The molecule has 0 saturated heterocycles. The zero-order valence-electron chi connectivity index (χ0n) is 5.91. The van der Waals surface area contributed by atoms with Gasteiger partial charge in [0.2, 0.25) is 0 Å². The van der Waals surface area contributed by atoms with Crippen molar-refractivity contribution in [2.45, 2.75) is 13.1 Å². The molecule has 0 amide bonds. The number of fused-ring (bicyclic) bond motifs is 1. The standard InChI is InChI=1S/C8H10N2/c1-6-4-7-2-3-9-8(7)10-5-6/h2-5,7-9H,1H3. The van der Waals surface area contributed by atoms with Gasteiger partial charge in [0.15, 0.2) is 0 Å². The minimum Gasteiger partial charge on any atom is -0.369 e. The summed E-state index contributed by atoms with van der Waals surface area (Å²) in [4.78, 5) is 4.31. The smallest absolute Gasteiger partial charge is 0.128 e. The van der Waals surface area contributed by atoms with Gasteiger partial charge in [-0.3, -0.25) is 4.99 Å². The maximum atomic E-state index is 4.31. The second-order valence-corrected chi connectivity index (χ2v) is 2.74. The topological polar surface area (TPSA) is 24.4 Å². The first-order chi connectivity index (χ1) is 4.86. The van der Waals surface area contributed by atoms with Gasteiger partial charge >= 0.3 is 0 Å². The number of nitrogens with one attached hydrogen (secondary N) is 1. The van der Waals surface area contributed by atoms with Gasteiger partial charge in [-0.05, 0) is 18.7 Å². The van der Waals surface area contributed by atoms with E-state index >= 15 is 0 Å². The monoisotopic (exact) mass is 134 g/mol. The summed E-state index contributed by atoms with van der Waals surface area (Å²) in [5, 5.41) is 3.16. The highest BCUT2D eigenvalue weighted by Crippen LogP contribution is 2.19. The predicted octanol–water partition coefficient (Wildman–Crippen LogP) is 1.08. The molecule has 0 fully saturated rings. The molecule has 0 radical (unpaired) electrons. The molecule has 0 aromatic carbocycles. The second kappa shape index (κ2) is 1.97. The van der Waals surface area contributed by atoms with Crippen molar-refractivity contribution < 1.29 is 0 Å². The average molecular weight is 134 g/mol. The molecule has 0 aliphatic carbocycles. The second-order valence-electron chi connectivity index (χ2n) is 2.74. The summed E-state index contributed by atoms with van der Waals surface area (Å²) < 4.78 is 0. The lowest BCUT2D eigenvalue weighted by molar-refractivity contribution is 0.569. The Morgan fingerprint density at radius 2 is 2.50 bits per heavy atom. The Hall–Kier alpha value is -1.05. The van der Waals surface area contributed by atoms with Crippen LogP contribution in [0.15, 0.2) is 28.9 Å². The van der Waals surface area contributed by atoms with Gasteiger partial charge in [-0.25, -0.2) is 0 Å². The average Bonchev–Trinajstić information content (AvgIpc) is 2.33. The van der Waals surface area contributed by atoms with Gasteiger partial charge < -0.3 is 5.32 Å². The minimum absolute atomic E-state index is 0.281. The fraction of sp³-hybridized carbons (Fsp3) is 0.375. The van der Waals surface area contributed by atoms with E-state index in [1.165, 1.54) is 5.57 Å². The molecule has 2 aliphatic rings. The zero-order chi connectivity index (χ0) is 6.97. The number of aliphatic imine (C=N–C) groups is 1. The molecule has 2 atom stereocenters. The summed E-state index contributed by atoms with van der Waals surface area (Å²) in [5.74, 6) is 0.491. The molecule has 1 N–H and O–H groups in total. The molecule has 2 aliphatic heterocycles. The van der Waals surface area contributed by atoms with E-state index in [-0.39, 0.29) is 6.17 Å². The Balaban J connectivity index is 2.26. The Kier molecular flexibility index (Phi) is 1.13. The largest absolute Gasteiger partial charge is 0.369 e. The van der Waals surface area contributed by atoms with Gasteiger partial charge in [0.1, 0.15) is 6.17 Å². The number of hydrogen-bond donors (Lipinski definition) is 1. The zero-order valence-corrected chi connectivity index (χ0v) is 5.91. The molecule has 52 valence electrons. The molecule has 0 bridgehead atoms. The summed E-state index contributed by atoms with van der Waals surface area (Å²) in [5.41, 5.74) is 1.26. The molecule has 0 spiro atoms. The molecule has 0 aromatic heterocycles. The molecule has 2 heterocycles. The fourth-order valence-electron chi connectivity index (χ4n) is 1.32. The van der Waals surface area contributed by atoms with Gasteiger partial charge in [0.05, 0.1) is 0 Å². The van der Waals surface area contributed by atoms with Crippen LogP contribution in [0.4, 0.5) is 0 Å². The summed E-state index contributed by atoms with van der Waals surface area (Å²) in [6, 6.07) is 0. The molecule has 0 saturated carbocycles. The lowest BCUT2D eigenvalue weighted by Crippen LogP contribution is -2.25. The highest BCUT2D eigenvalue weighted by molar-refractivity contribution is 5.79. The third-order valence-corrected chi connectivity index (χ3v) is 1.84. The molecular weight excluding hydrogens is 124 g/mol. The summed E-state index contributed by atoms with van der Waals surface area (Å²) in [7, 11) is 0. The first-order valence-electron chi connectivity index (χ1n) is 3.50. The summed E-state index contributed by atoms with van der Waals surface area (Å²) >= 11 is 0. The van der Waals surface area contributed by atoms with Crippen LogP contribution in [-0.2, 0) is 0 Å². The maximum absolute atomic E-state index is 4.31. The first kappa shape index (κ1) is 5.71. The summed E-state index contributed by atoms with van der Waals surface area (Å²) in [6.45, 7) is 2.08. The van der Waals surface area contributed by atoms with Crippen LogP contribution in [0.1, 0.15) is 6.92 Å². The van der Waals surface area contributed by atoms with Gasteiger partial charge in [-0.1, -0.05) is 12.2 Å². The molecular formula is C8H10N2. The highest BCUT2D eigenvalue weighted by Gasteiger charge is 2.20. The van der Waals surface area contributed by atoms with E-state index in [2.05, 4.69) is 29.4 Å². The van der Waals surface area contributed by atoms with Crippen LogP contribution < -0.4 is 5.32 Å². The Labute approximate surface area is 60.3 Å². The lowest BCUT2D eigenvalue weighted by Gasteiger charge is -2.16. The van der Waals surface area contributed by atoms with Gasteiger partial charge in [-0.2, -0.15) is 0 Å². The van der Waals surface area contributed by atoms with Crippen molar-refractivity contribution in [2.75, 3.05) is 0 Å². The van der Waals surface area contributed by atoms with Crippen molar-refractivity contribution in [1.29, 1.82) is 0 Å². The molecule has 2 nitrogen and oxygen atoms in total. The van der Waals surface area contributed by atoms with Gasteiger partial charge in [0, 0.05) is 12.1 Å². The van der Waals surface area contributed by atoms with Crippen LogP contribution in [0.2, 0.25) is 0 Å². The van der Waals surface area contributed by atoms with Crippen molar-refractivity contribution in [3.63, 3.8) is 0 Å². The van der Waals surface area contributed by atoms with E-state index < -0.39 is 0 Å². The van der Waals surface area contributed by atoms with Crippen LogP contribution in [0.3, 0.4) is 0 Å². The van der Waals surface area contributed by atoms with Gasteiger partial charge in [-0.15, -0.1) is 0 Å². The molecule has 10 heavy (non-hydrogen) atoms. The van der Waals surface area contributed by atoms with Crippen LogP contribution >= 0.6 is 0 Å². The molecule has 0 aromatic rings. The first-order valence-corrected chi connectivity index (χ1v) is 3.50. The van der Waals surface area contributed by atoms with Crippen molar-refractivity contribution in [3.8, 4) is 0 Å². The Bertz CT molecular complexity index is 225. The van der Waals surface area contributed by atoms with Gasteiger partial charge in [0.25, 0.3) is 0 Å². The van der Waals surface area contributed by atoms with Crippen LogP contribution in [0.25, 0.3) is 0 Å². The summed E-state index contributed by atoms with van der Waals surface area (Å²) in [6.07, 6.45) is 8.55. The number of hydrogen-bond acceptors (Lipinski definition) is 2. The van der Waals surface area contributed by atoms with E-state index in [4.69, 9.17) is 0 Å². The van der Waals surface area contributed by atoms with Crippen LogP contribution in [0, 0.1) is 5.92 Å². The van der Waals surface area contributed by atoms with Crippen molar-refractivity contribution >= 4 is 6.21 Å². The molecule has 2 unspecified atom stereocenters. The maximum Gasteiger partial charge on any atom is 0.128 e. The highest BCUT2D eigenvalue weighted by atomic mass is 15.1. The predicted molar refractivity (Wildman–Crippen MR) is 41.8 cm³/mol. The van der Waals surface area contributed by atoms with Crippen LogP contribution in [0.5, 0.6) is 0 Å². The van der Waals surface area contributed by atoms with E-state index in [0.717, 1.165) is 0 Å². The number of rotatable bonds is 0. The number of allylic oxidation sites excluding steroid dienone is 1. The SMILES string of the molecule is CC1=CC2C=CNC2N=C1. The van der Waals surface area contributed by atoms with E-state index in [1.54, 1.807) is 0 Å². The molecule has 2 rings (SSSR count). The third kappa shape index (κ3) is 0.764. The fourth-order valence-corrected chi connectivity index (χ4v) is 1.32.